The molecule has 0 atom stereocenters. The van der Waals surface area contributed by atoms with Crippen LogP contribution in [0.3, 0.4) is 0 Å². The minimum Gasteiger partial charge on any atom is -0.478 e. The molecule has 8 heteroatoms. The van der Waals surface area contributed by atoms with Gasteiger partial charge >= 0.3 is 5.97 Å². The molecule has 1 aromatic rings. The van der Waals surface area contributed by atoms with Gasteiger partial charge in [0.1, 0.15) is 5.82 Å². The highest BCUT2D eigenvalue weighted by atomic mass is 32.2. The molecule has 0 aliphatic heterocycles. The highest BCUT2D eigenvalue weighted by Crippen LogP contribution is 2.15. The Balaban J connectivity index is 3.07. The molecule has 0 aliphatic rings. The van der Waals surface area contributed by atoms with E-state index in [1.165, 1.54) is 0 Å². The minimum atomic E-state index is -3.94. The lowest BCUT2D eigenvalue weighted by Crippen LogP contribution is -2.25. The first-order valence-electron chi connectivity index (χ1n) is 4.78. The zero-order chi connectivity index (χ0) is 13.8. The van der Waals surface area contributed by atoms with Crippen molar-refractivity contribution in [3.05, 3.63) is 29.6 Å². The van der Waals surface area contributed by atoms with Crippen LogP contribution in [0.4, 0.5) is 4.39 Å². The normalized spacial score (nSPS) is 10.9. The van der Waals surface area contributed by atoms with Crippen LogP contribution >= 0.6 is 0 Å². The Morgan fingerprint density at radius 1 is 1.50 bits per heavy atom. The number of carboxylic acid groups (broad SMARTS) is 1. The Hall–Kier alpha value is -1.98. The smallest absolute Gasteiger partial charge is 0.338 e. The maximum Gasteiger partial charge on any atom is 0.338 e. The second kappa shape index (κ2) is 5.57. The monoisotopic (exact) mass is 272 g/mol. The second-order valence-corrected chi connectivity index (χ2v) is 5.02. The van der Waals surface area contributed by atoms with Gasteiger partial charge in [-0.15, -0.1) is 0 Å². The molecule has 96 valence electrons. The van der Waals surface area contributed by atoms with E-state index in [4.69, 9.17) is 10.4 Å². The van der Waals surface area contributed by atoms with Gasteiger partial charge in [0, 0.05) is 13.0 Å². The summed E-state index contributed by atoms with van der Waals surface area (Å²) in [6, 6.07) is 4.20. The third kappa shape index (κ3) is 3.26. The van der Waals surface area contributed by atoms with E-state index >= 15 is 0 Å². The molecule has 0 heterocycles. The molecule has 0 fully saturated rings. The van der Waals surface area contributed by atoms with Crippen LogP contribution in [0, 0.1) is 17.1 Å². The van der Waals surface area contributed by atoms with E-state index in [0.29, 0.717) is 0 Å². The fourth-order valence-electron chi connectivity index (χ4n) is 1.16. The molecule has 0 spiro atoms. The highest BCUT2D eigenvalue weighted by molar-refractivity contribution is 7.89. The summed E-state index contributed by atoms with van der Waals surface area (Å²) in [4.78, 5) is 10.3. The summed E-state index contributed by atoms with van der Waals surface area (Å²) in [6.07, 6.45) is -0.0216. The average Bonchev–Trinajstić information content (AvgIpc) is 2.29. The molecule has 0 saturated heterocycles. The SMILES string of the molecule is N#CCCNS(=O)(=O)c1ccc(F)c(C(=O)O)c1. The molecule has 0 bridgehead atoms. The van der Waals surface area contributed by atoms with E-state index in [9.17, 15) is 17.6 Å². The molecule has 0 unspecified atom stereocenters. The Kier molecular flexibility index (Phi) is 4.36. The molecular weight excluding hydrogens is 263 g/mol. The first-order valence-corrected chi connectivity index (χ1v) is 6.26. The average molecular weight is 272 g/mol. The first kappa shape index (κ1) is 14.1. The van der Waals surface area contributed by atoms with Gasteiger partial charge in [0.25, 0.3) is 0 Å². The summed E-state index contributed by atoms with van der Waals surface area (Å²) in [7, 11) is -3.94. The Morgan fingerprint density at radius 3 is 2.72 bits per heavy atom. The molecule has 2 N–H and O–H groups in total. The van der Waals surface area contributed by atoms with Crippen LogP contribution in [0.25, 0.3) is 0 Å². The van der Waals surface area contributed by atoms with Crippen LogP contribution in [0.2, 0.25) is 0 Å². The number of benzene rings is 1. The predicted molar refractivity (Wildman–Crippen MR) is 58.8 cm³/mol. The fourth-order valence-corrected chi connectivity index (χ4v) is 2.22. The van der Waals surface area contributed by atoms with Crippen molar-refractivity contribution in [3.63, 3.8) is 0 Å². The van der Waals surface area contributed by atoms with Crippen molar-refractivity contribution < 1.29 is 22.7 Å². The van der Waals surface area contributed by atoms with Crippen LogP contribution in [0.1, 0.15) is 16.8 Å². The van der Waals surface area contributed by atoms with Crippen molar-refractivity contribution in [3.8, 4) is 6.07 Å². The number of aromatic carboxylic acids is 1. The Bertz CT molecular complexity index is 607. The number of sulfonamides is 1. The Labute approximate surface area is 103 Å². The number of carbonyl (C=O) groups is 1. The minimum absolute atomic E-state index is 0.0216. The molecule has 0 aliphatic carbocycles. The maximum absolute atomic E-state index is 13.1. The fraction of sp³-hybridized carbons (Fsp3) is 0.200. The summed E-state index contributed by atoms with van der Waals surface area (Å²) in [5, 5.41) is 16.9. The topological polar surface area (TPSA) is 107 Å². The molecule has 18 heavy (non-hydrogen) atoms. The van der Waals surface area contributed by atoms with Crippen LogP contribution in [0.15, 0.2) is 23.1 Å². The number of carboxylic acids is 1. The number of rotatable bonds is 5. The molecule has 1 rings (SSSR count). The van der Waals surface area contributed by atoms with E-state index in [0.717, 1.165) is 18.2 Å². The van der Waals surface area contributed by atoms with Gasteiger partial charge in [-0.3, -0.25) is 0 Å². The van der Waals surface area contributed by atoms with Gasteiger partial charge in [-0.1, -0.05) is 0 Å². The molecule has 0 aromatic heterocycles. The zero-order valence-corrected chi connectivity index (χ0v) is 9.87. The van der Waals surface area contributed by atoms with Gasteiger partial charge < -0.3 is 5.11 Å². The second-order valence-electron chi connectivity index (χ2n) is 3.25. The van der Waals surface area contributed by atoms with E-state index < -0.39 is 27.4 Å². The van der Waals surface area contributed by atoms with E-state index in [2.05, 4.69) is 4.72 Å². The molecule has 0 amide bonds. The lowest BCUT2D eigenvalue weighted by molar-refractivity contribution is 0.0691. The third-order valence-electron chi connectivity index (χ3n) is 2.01. The molecule has 6 nitrogen and oxygen atoms in total. The molecule has 1 aromatic carbocycles. The van der Waals surface area contributed by atoms with Crippen LogP contribution in [0.5, 0.6) is 0 Å². The summed E-state index contributed by atoms with van der Waals surface area (Å²) >= 11 is 0. The zero-order valence-electron chi connectivity index (χ0n) is 9.05. The summed E-state index contributed by atoms with van der Waals surface area (Å²) in [6.45, 7) is -0.0986. The van der Waals surface area contributed by atoms with Crippen LogP contribution in [-0.2, 0) is 10.0 Å². The van der Waals surface area contributed by atoms with Crippen molar-refractivity contribution in [2.75, 3.05) is 6.54 Å². The summed E-state index contributed by atoms with van der Waals surface area (Å²) in [5.74, 6) is -2.57. The number of hydrogen-bond donors (Lipinski definition) is 2. The largest absolute Gasteiger partial charge is 0.478 e. The van der Waals surface area contributed by atoms with Crippen molar-refractivity contribution in [1.29, 1.82) is 5.26 Å². The Morgan fingerprint density at radius 2 is 2.17 bits per heavy atom. The number of hydrogen-bond acceptors (Lipinski definition) is 4. The van der Waals surface area contributed by atoms with Gasteiger partial charge in [-0.2, -0.15) is 5.26 Å². The lowest BCUT2D eigenvalue weighted by Gasteiger charge is -2.06. The standard InChI is InChI=1S/C10H9FN2O4S/c11-9-3-2-7(6-8(9)10(14)15)18(16,17)13-5-1-4-12/h2-3,6,13H,1,5H2,(H,14,15). The lowest BCUT2D eigenvalue weighted by atomic mass is 10.2. The van der Waals surface area contributed by atoms with Gasteiger partial charge in [0.2, 0.25) is 10.0 Å². The highest BCUT2D eigenvalue weighted by Gasteiger charge is 2.18. The van der Waals surface area contributed by atoms with Gasteiger partial charge in [0.15, 0.2) is 0 Å². The number of nitrogens with one attached hydrogen (secondary N) is 1. The summed E-state index contributed by atoms with van der Waals surface area (Å²) < 4.78 is 38.5. The maximum atomic E-state index is 13.1. The number of halogens is 1. The van der Waals surface area contributed by atoms with Crippen molar-refractivity contribution in [2.45, 2.75) is 11.3 Å². The molecular formula is C10H9FN2O4S. The third-order valence-corrected chi connectivity index (χ3v) is 3.47. The van der Waals surface area contributed by atoms with Gasteiger partial charge in [-0.25, -0.2) is 22.3 Å². The number of nitriles is 1. The van der Waals surface area contributed by atoms with Crippen LogP contribution in [-0.4, -0.2) is 26.0 Å². The molecule has 0 saturated carbocycles. The van der Waals surface area contributed by atoms with Gasteiger partial charge in [-0.05, 0) is 18.2 Å². The van der Waals surface area contributed by atoms with E-state index in [1.54, 1.807) is 6.07 Å². The quantitative estimate of drug-likeness (QED) is 0.768. The van der Waals surface area contributed by atoms with Crippen LogP contribution < -0.4 is 4.72 Å². The van der Waals surface area contributed by atoms with Gasteiger partial charge in [0.05, 0.1) is 16.5 Å². The van der Waals surface area contributed by atoms with E-state index in [-0.39, 0.29) is 17.9 Å². The number of nitrogens with zero attached hydrogens (tertiary/aromatic N) is 1. The first-order chi connectivity index (χ1) is 8.38. The van der Waals surface area contributed by atoms with E-state index in [1.807, 2.05) is 0 Å². The van der Waals surface area contributed by atoms with Crippen molar-refractivity contribution in [2.24, 2.45) is 0 Å². The predicted octanol–water partition coefficient (Wildman–Crippen LogP) is 0.716. The van der Waals surface area contributed by atoms with Crippen molar-refractivity contribution >= 4 is 16.0 Å². The van der Waals surface area contributed by atoms with Crippen molar-refractivity contribution in [1.82, 2.24) is 4.72 Å². The molecule has 0 radical (unpaired) electrons. The summed E-state index contributed by atoms with van der Waals surface area (Å²) in [5.41, 5.74) is -0.724.